The highest BCUT2D eigenvalue weighted by Gasteiger charge is 1.99. The number of aryl methyl sites for hydroxylation is 2. The van der Waals surface area contributed by atoms with Gasteiger partial charge in [0.05, 0.1) is 6.61 Å². The van der Waals surface area contributed by atoms with Crippen LogP contribution in [0.4, 0.5) is 0 Å². The van der Waals surface area contributed by atoms with Crippen LogP contribution >= 0.6 is 0 Å². The maximum Gasteiger partial charge on any atom is 0.0684 e. The molecule has 1 N–H and O–H groups in total. The van der Waals surface area contributed by atoms with Gasteiger partial charge in [0.2, 0.25) is 0 Å². The Labute approximate surface area is 93.1 Å². The lowest BCUT2D eigenvalue weighted by Crippen LogP contribution is -1.92. The van der Waals surface area contributed by atoms with E-state index in [1.54, 1.807) is 0 Å². The topological polar surface area (TPSA) is 20.2 Å². The molecule has 0 saturated heterocycles. The minimum Gasteiger partial charge on any atom is -0.392 e. The van der Waals surface area contributed by atoms with Gasteiger partial charge < -0.3 is 5.11 Å². The molecule has 0 atom stereocenters. The Bertz CT molecular complexity index is 291. The highest BCUT2D eigenvalue weighted by molar-refractivity contribution is 5.30. The van der Waals surface area contributed by atoms with Crippen molar-refractivity contribution in [2.45, 2.75) is 52.6 Å². The summed E-state index contributed by atoms with van der Waals surface area (Å²) in [5.41, 5.74) is 3.62. The van der Waals surface area contributed by atoms with E-state index in [1.807, 2.05) is 6.92 Å². The second-order valence-electron chi connectivity index (χ2n) is 4.23. The van der Waals surface area contributed by atoms with Crippen LogP contribution in [0.1, 0.15) is 49.3 Å². The summed E-state index contributed by atoms with van der Waals surface area (Å²) in [7, 11) is 0. The maximum absolute atomic E-state index is 9.15. The van der Waals surface area contributed by atoms with Crippen molar-refractivity contribution in [3.8, 4) is 0 Å². The van der Waals surface area contributed by atoms with Crippen molar-refractivity contribution < 1.29 is 5.11 Å². The molecule has 0 radical (unpaired) electrons. The van der Waals surface area contributed by atoms with Gasteiger partial charge in [-0.3, -0.25) is 0 Å². The van der Waals surface area contributed by atoms with Crippen LogP contribution in [0, 0.1) is 6.92 Å². The normalized spacial score (nSPS) is 10.6. The van der Waals surface area contributed by atoms with Crippen molar-refractivity contribution in [1.29, 1.82) is 0 Å². The third kappa shape index (κ3) is 4.05. The first-order valence-electron chi connectivity index (χ1n) is 5.97. The number of hydrogen-bond acceptors (Lipinski definition) is 1. The summed E-state index contributed by atoms with van der Waals surface area (Å²) < 4.78 is 0. The highest BCUT2D eigenvalue weighted by Crippen LogP contribution is 2.14. The van der Waals surface area contributed by atoms with Gasteiger partial charge in [-0.05, 0) is 36.5 Å². The molecule has 1 aromatic carbocycles. The molecule has 15 heavy (non-hydrogen) atoms. The molecule has 1 nitrogen and oxygen atoms in total. The lowest BCUT2D eigenvalue weighted by atomic mass is 10.0. The zero-order chi connectivity index (χ0) is 11.1. The first kappa shape index (κ1) is 12.3. The molecule has 0 bridgehead atoms. The van der Waals surface area contributed by atoms with Gasteiger partial charge >= 0.3 is 0 Å². The number of benzene rings is 1. The second kappa shape index (κ2) is 6.62. The Hall–Kier alpha value is -0.820. The summed E-state index contributed by atoms with van der Waals surface area (Å²) >= 11 is 0. The molecule has 0 aromatic heterocycles. The summed E-state index contributed by atoms with van der Waals surface area (Å²) in [5, 5.41) is 9.15. The lowest BCUT2D eigenvalue weighted by molar-refractivity contribution is 0.281. The van der Waals surface area contributed by atoms with Crippen molar-refractivity contribution in [3.05, 3.63) is 34.9 Å². The zero-order valence-corrected chi connectivity index (χ0v) is 9.92. The van der Waals surface area contributed by atoms with Gasteiger partial charge in [0.25, 0.3) is 0 Å². The minimum atomic E-state index is 0.161. The molecule has 0 spiro atoms. The van der Waals surface area contributed by atoms with E-state index in [1.165, 1.54) is 36.8 Å². The van der Waals surface area contributed by atoms with E-state index in [2.05, 4.69) is 25.1 Å². The van der Waals surface area contributed by atoms with Gasteiger partial charge in [-0.2, -0.15) is 0 Å². The Kier molecular flexibility index (Phi) is 5.41. The molecule has 0 unspecified atom stereocenters. The van der Waals surface area contributed by atoms with E-state index >= 15 is 0 Å². The summed E-state index contributed by atoms with van der Waals surface area (Å²) in [6.07, 6.45) is 6.35. The Morgan fingerprint density at radius 3 is 2.60 bits per heavy atom. The SMILES string of the molecule is CCCCCCc1ccc(C)c(CO)c1. The zero-order valence-electron chi connectivity index (χ0n) is 9.92. The third-order valence-corrected chi connectivity index (χ3v) is 2.90. The largest absolute Gasteiger partial charge is 0.392 e. The lowest BCUT2D eigenvalue weighted by Gasteiger charge is -2.06. The van der Waals surface area contributed by atoms with E-state index in [4.69, 9.17) is 5.11 Å². The summed E-state index contributed by atoms with van der Waals surface area (Å²) in [6.45, 7) is 4.44. The van der Waals surface area contributed by atoms with Crippen LogP contribution in [-0.2, 0) is 13.0 Å². The molecular weight excluding hydrogens is 184 g/mol. The van der Waals surface area contributed by atoms with Crippen molar-refractivity contribution >= 4 is 0 Å². The molecule has 0 aliphatic carbocycles. The molecule has 1 rings (SSSR count). The van der Waals surface area contributed by atoms with Gasteiger partial charge in [-0.1, -0.05) is 44.4 Å². The molecule has 1 aromatic rings. The fourth-order valence-electron chi connectivity index (χ4n) is 1.81. The number of unbranched alkanes of at least 4 members (excludes halogenated alkanes) is 3. The van der Waals surface area contributed by atoms with Gasteiger partial charge in [0.1, 0.15) is 0 Å². The molecule has 0 aliphatic rings. The predicted molar refractivity (Wildman–Crippen MR) is 64.9 cm³/mol. The van der Waals surface area contributed by atoms with Crippen molar-refractivity contribution in [2.75, 3.05) is 0 Å². The minimum absolute atomic E-state index is 0.161. The van der Waals surface area contributed by atoms with Gasteiger partial charge in [-0.25, -0.2) is 0 Å². The highest BCUT2D eigenvalue weighted by atomic mass is 16.3. The van der Waals surface area contributed by atoms with Crippen LogP contribution < -0.4 is 0 Å². The molecule has 0 heterocycles. The average Bonchev–Trinajstić information content (AvgIpc) is 2.26. The number of rotatable bonds is 6. The van der Waals surface area contributed by atoms with E-state index in [0.29, 0.717) is 0 Å². The van der Waals surface area contributed by atoms with Gasteiger partial charge in [0, 0.05) is 0 Å². The Balaban J connectivity index is 2.47. The fraction of sp³-hybridized carbons (Fsp3) is 0.571. The van der Waals surface area contributed by atoms with Gasteiger partial charge in [-0.15, -0.1) is 0 Å². The number of aliphatic hydroxyl groups excluding tert-OH is 1. The van der Waals surface area contributed by atoms with Crippen LogP contribution in [0.5, 0.6) is 0 Å². The quantitative estimate of drug-likeness (QED) is 0.705. The smallest absolute Gasteiger partial charge is 0.0684 e. The second-order valence-corrected chi connectivity index (χ2v) is 4.23. The molecule has 1 heteroatoms. The van der Waals surface area contributed by atoms with Gasteiger partial charge in [0.15, 0.2) is 0 Å². The Morgan fingerprint density at radius 2 is 1.93 bits per heavy atom. The first-order valence-corrected chi connectivity index (χ1v) is 5.97. The van der Waals surface area contributed by atoms with Crippen molar-refractivity contribution in [3.63, 3.8) is 0 Å². The van der Waals surface area contributed by atoms with Crippen LogP contribution in [-0.4, -0.2) is 5.11 Å². The predicted octanol–water partition coefficient (Wildman–Crippen LogP) is 3.61. The van der Waals surface area contributed by atoms with Crippen molar-refractivity contribution in [1.82, 2.24) is 0 Å². The maximum atomic E-state index is 9.15. The summed E-state index contributed by atoms with van der Waals surface area (Å²) in [4.78, 5) is 0. The molecular formula is C14H22O. The standard InChI is InChI=1S/C14H22O/c1-3-4-5-6-7-13-9-8-12(2)14(10-13)11-15/h8-10,15H,3-7,11H2,1-2H3. The average molecular weight is 206 g/mol. The molecule has 0 saturated carbocycles. The number of aliphatic hydroxyl groups is 1. The van der Waals surface area contributed by atoms with E-state index in [0.717, 1.165) is 12.0 Å². The molecule has 0 aliphatic heterocycles. The first-order chi connectivity index (χ1) is 7.27. The van der Waals surface area contributed by atoms with Crippen molar-refractivity contribution in [2.24, 2.45) is 0 Å². The van der Waals surface area contributed by atoms with Crippen LogP contribution in [0.3, 0.4) is 0 Å². The van der Waals surface area contributed by atoms with E-state index in [-0.39, 0.29) is 6.61 Å². The summed E-state index contributed by atoms with van der Waals surface area (Å²) in [5.74, 6) is 0. The monoisotopic (exact) mass is 206 g/mol. The molecule has 84 valence electrons. The van der Waals surface area contributed by atoms with E-state index in [9.17, 15) is 0 Å². The van der Waals surface area contributed by atoms with Crippen LogP contribution in [0.25, 0.3) is 0 Å². The third-order valence-electron chi connectivity index (χ3n) is 2.90. The molecule has 0 amide bonds. The van der Waals surface area contributed by atoms with Crippen LogP contribution in [0.2, 0.25) is 0 Å². The van der Waals surface area contributed by atoms with Crippen LogP contribution in [0.15, 0.2) is 18.2 Å². The summed E-state index contributed by atoms with van der Waals surface area (Å²) in [6, 6.07) is 6.43. The number of hydrogen-bond donors (Lipinski definition) is 1. The molecule has 0 fully saturated rings. The fourth-order valence-corrected chi connectivity index (χ4v) is 1.81. The Morgan fingerprint density at radius 1 is 1.13 bits per heavy atom. The van der Waals surface area contributed by atoms with E-state index < -0.39 is 0 Å².